The zero-order chi connectivity index (χ0) is 10.3. The summed E-state index contributed by atoms with van der Waals surface area (Å²) in [7, 11) is 0. The van der Waals surface area contributed by atoms with E-state index in [9.17, 15) is 4.79 Å². The SMILES string of the molecule is CC(=O)c1cc(Br)cc2c1OC(C)C2. The van der Waals surface area contributed by atoms with Crippen molar-refractivity contribution in [2.45, 2.75) is 26.4 Å². The predicted molar refractivity (Wildman–Crippen MR) is 57.9 cm³/mol. The predicted octanol–water partition coefficient (Wildman–Crippen LogP) is 2.98. The van der Waals surface area contributed by atoms with Gasteiger partial charge in [0.2, 0.25) is 0 Å². The number of ketones is 1. The molecule has 0 amide bonds. The Bertz CT molecular complexity index is 399. The summed E-state index contributed by atoms with van der Waals surface area (Å²) in [6, 6.07) is 3.84. The average Bonchev–Trinajstić information content (AvgIpc) is 2.42. The summed E-state index contributed by atoms with van der Waals surface area (Å²) < 4.78 is 6.56. The van der Waals surface area contributed by atoms with E-state index in [1.54, 1.807) is 6.92 Å². The van der Waals surface area contributed by atoms with Crippen LogP contribution < -0.4 is 4.74 Å². The largest absolute Gasteiger partial charge is 0.489 e. The molecule has 3 heteroatoms. The van der Waals surface area contributed by atoms with E-state index in [2.05, 4.69) is 15.9 Å². The van der Waals surface area contributed by atoms with Crippen molar-refractivity contribution in [3.63, 3.8) is 0 Å². The van der Waals surface area contributed by atoms with Crippen LogP contribution in [0, 0.1) is 0 Å². The number of carbonyl (C=O) groups is 1. The topological polar surface area (TPSA) is 26.3 Å². The van der Waals surface area contributed by atoms with E-state index in [4.69, 9.17) is 4.74 Å². The molecule has 0 saturated heterocycles. The van der Waals surface area contributed by atoms with E-state index in [1.807, 2.05) is 19.1 Å². The number of rotatable bonds is 1. The highest BCUT2D eigenvalue weighted by atomic mass is 79.9. The maximum Gasteiger partial charge on any atom is 0.163 e. The number of fused-ring (bicyclic) bond motifs is 1. The van der Waals surface area contributed by atoms with Crippen molar-refractivity contribution in [1.29, 1.82) is 0 Å². The average molecular weight is 255 g/mol. The van der Waals surface area contributed by atoms with Crippen LogP contribution in [-0.4, -0.2) is 11.9 Å². The molecule has 0 saturated carbocycles. The first-order valence-corrected chi connectivity index (χ1v) is 5.37. The van der Waals surface area contributed by atoms with Gasteiger partial charge in [0.05, 0.1) is 5.56 Å². The van der Waals surface area contributed by atoms with Gasteiger partial charge in [0.1, 0.15) is 11.9 Å². The molecule has 0 bridgehead atoms. The van der Waals surface area contributed by atoms with Crippen LogP contribution in [0.15, 0.2) is 16.6 Å². The Morgan fingerprint density at radius 1 is 1.57 bits per heavy atom. The van der Waals surface area contributed by atoms with Crippen LogP contribution in [0.25, 0.3) is 0 Å². The maximum absolute atomic E-state index is 11.4. The normalized spacial score (nSPS) is 18.9. The molecule has 1 aromatic carbocycles. The highest BCUT2D eigenvalue weighted by Gasteiger charge is 2.24. The van der Waals surface area contributed by atoms with Crippen LogP contribution in [0.4, 0.5) is 0 Å². The lowest BCUT2D eigenvalue weighted by molar-refractivity contribution is 0.101. The Morgan fingerprint density at radius 2 is 2.29 bits per heavy atom. The molecular weight excluding hydrogens is 244 g/mol. The molecule has 0 N–H and O–H groups in total. The Kier molecular flexibility index (Phi) is 2.35. The molecule has 1 atom stereocenters. The highest BCUT2D eigenvalue weighted by molar-refractivity contribution is 9.10. The molecule has 0 aliphatic carbocycles. The van der Waals surface area contributed by atoms with Crippen LogP contribution in [0.1, 0.15) is 29.8 Å². The molecule has 1 heterocycles. The van der Waals surface area contributed by atoms with Crippen molar-refractivity contribution >= 4 is 21.7 Å². The second kappa shape index (κ2) is 3.39. The van der Waals surface area contributed by atoms with Gasteiger partial charge in [-0.15, -0.1) is 0 Å². The highest BCUT2D eigenvalue weighted by Crippen LogP contribution is 2.35. The van der Waals surface area contributed by atoms with E-state index >= 15 is 0 Å². The van der Waals surface area contributed by atoms with Crippen molar-refractivity contribution in [2.75, 3.05) is 0 Å². The lowest BCUT2D eigenvalue weighted by Crippen LogP contribution is -2.06. The van der Waals surface area contributed by atoms with Gasteiger partial charge in [0.15, 0.2) is 5.78 Å². The molecule has 1 unspecified atom stereocenters. The van der Waals surface area contributed by atoms with E-state index < -0.39 is 0 Å². The van der Waals surface area contributed by atoms with Gasteiger partial charge >= 0.3 is 0 Å². The molecule has 0 fully saturated rings. The van der Waals surface area contributed by atoms with Gasteiger partial charge in [-0.05, 0) is 31.5 Å². The number of Topliss-reactive ketones (excluding diaryl/α,β-unsaturated/α-hetero) is 1. The van der Waals surface area contributed by atoms with Crippen LogP contribution >= 0.6 is 15.9 Å². The van der Waals surface area contributed by atoms with Gasteiger partial charge in [0.25, 0.3) is 0 Å². The summed E-state index contributed by atoms with van der Waals surface area (Å²) in [5.74, 6) is 0.824. The molecule has 14 heavy (non-hydrogen) atoms. The Balaban J connectivity index is 2.57. The Labute approximate surface area is 91.4 Å². The van der Waals surface area contributed by atoms with Crippen LogP contribution in [0.5, 0.6) is 5.75 Å². The third-order valence-corrected chi connectivity index (χ3v) is 2.79. The van der Waals surface area contributed by atoms with Gasteiger partial charge < -0.3 is 4.74 Å². The number of hydrogen-bond acceptors (Lipinski definition) is 2. The van der Waals surface area contributed by atoms with Crippen molar-refractivity contribution in [3.05, 3.63) is 27.7 Å². The fraction of sp³-hybridized carbons (Fsp3) is 0.364. The van der Waals surface area contributed by atoms with Gasteiger partial charge in [-0.3, -0.25) is 4.79 Å². The minimum Gasteiger partial charge on any atom is -0.489 e. The number of ether oxygens (including phenoxy) is 1. The number of halogens is 1. The molecule has 1 aromatic rings. The number of hydrogen-bond donors (Lipinski definition) is 0. The lowest BCUT2D eigenvalue weighted by Gasteiger charge is -2.07. The first kappa shape index (κ1) is 9.71. The van der Waals surface area contributed by atoms with E-state index in [0.29, 0.717) is 5.56 Å². The molecule has 0 spiro atoms. The van der Waals surface area contributed by atoms with Gasteiger partial charge in [-0.1, -0.05) is 15.9 Å². The molecule has 1 aliphatic heterocycles. The second-order valence-electron chi connectivity index (χ2n) is 3.63. The molecule has 1 aliphatic rings. The fourth-order valence-corrected chi connectivity index (χ4v) is 2.26. The number of benzene rings is 1. The Hall–Kier alpha value is -0.830. The summed E-state index contributed by atoms with van der Waals surface area (Å²) in [5.41, 5.74) is 1.80. The van der Waals surface area contributed by atoms with Crippen LogP contribution in [-0.2, 0) is 6.42 Å². The second-order valence-corrected chi connectivity index (χ2v) is 4.55. The zero-order valence-corrected chi connectivity index (χ0v) is 9.72. The molecule has 2 nitrogen and oxygen atoms in total. The van der Waals surface area contributed by atoms with Crippen LogP contribution in [0.3, 0.4) is 0 Å². The quantitative estimate of drug-likeness (QED) is 0.721. The lowest BCUT2D eigenvalue weighted by atomic mass is 10.0. The number of carbonyl (C=O) groups excluding carboxylic acids is 1. The maximum atomic E-state index is 11.4. The summed E-state index contributed by atoms with van der Waals surface area (Å²) in [6.07, 6.45) is 1.06. The molecular formula is C11H11BrO2. The first-order valence-electron chi connectivity index (χ1n) is 4.58. The van der Waals surface area contributed by atoms with E-state index in [-0.39, 0.29) is 11.9 Å². The Morgan fingerprint density at radius 3 is 2.93 bits per heavy atom. The molecule has 2 rings (SSSR count). The minimum absolute atomic E-state index is 0.0525. The monoisotopic (exact) mass is 254 g/mol. The molecule has 74 valence electrons. The molecule has 0 radical (unpaired) electrons. The van der Waals surface area contributed by atoms with E-state index in [1.165, 1.54) is 0 Å². The van der Waals surface area contributed by atoms with Crippen molar-refractivity contribution in [1.82, 2.24) is 0 Å². The van der Waals surface area contributed by atoms with Crippen molar-refractivity contribution in [3.8, 4) is 5.75 Å². The van der Waals surface area contributed by atoms with Gasteiger partial charge in [-0.2, -0.15) is 0 Å². The summed E-state index contributed by atoms with van der Waals surface area (Å²) in [6.45, 7) is 3.58. The minimum atomic E-state index is 0.0525. The van der Waals surface area contributed by atoms with Crippen molar-refractivity contribution in [2.24, 2.45) is 0 Å². The van der Waals surface area contributed by atoms with Gasteiger partial charge in [0, 0.05) is 10.9 Å². The van der Waals surface area contributed by atoms with E-state index in [0.717, 1.165) is 22.2 Å². The fourth-order valence-electron chi connectivity index (χ4n) is 1.75. The standard InChI is InChI=1S/C11H11BrO2/c1-6-3-8-4-9(12)5-10(7(2)13)11(8)14-6/h4-6H,3H2,1-2H3. The molecule has 0 aromatic heterocycles. The smallest absolute Gasteiger partial charge is 0.163 e. The summed E-state index contributed by atoms with van der Waals surface area (Å²) in [4.78, 5) is 11.4. The first-order chi connectivity index (χ1) is 6.58. The third-order valence-electron chi connectivity index (χ3n) is 2.34. The summed E-state index contributed by atoms with van der Waals surface area (Å²) in [5, 5.41) is 0. The van der Waals surface area contributed by atoms with Crippen molar-refractivity contribution < 1.29 is 9.53 Å². The van der Waals surface area contributed by atoms with Crippen LogP contribution in [0.2, 0.25) is 0 Å². The van der Waals surface area contributed by atoms with Gasteiger partial charge in [-0.25, -0.2) is 0 Å². The zero-order valence-electron chi connectivity index (χ0n) is 8.13. The third kappa shape index (κ3) is 1.57. The summed E-state index contributed by atoms with van der Waals surface area (Å²) >= 11 is 3.40.